The van der Waals surface area contributed by atoms with Crippen LogP contribution in [0.3, 0.4) is 0 Å². The summed E-state index contributed by atoms with van der Waals surface area (Å²) in [5.41, 5.74) is 1.11. The molecule has 1 atom stereocenters. The van der Waals surface area contributed by atoms with E-state index in [1.54, 1.807) is 7.11 Å². The minimum absolute atomic E-state index is 0.0458. The van der Waals surface area contributed by atoms with Crippen molar-refractivity contribution in [1.82, 2.24) is 4.90 Å². The molecule has 1 aromatic carbocycles. The Hall–Kier alpha value is -1.97. The van der Waals surface area contributed by atoms with Crippen LogP contribution in [0.1, 0.15) is 31.7 Å². The largest absolute Gasteiger partial charge is 0.493 e. The molecular weight excluding hydrogens is 278 g/mol. The lowest BCUT2D eigenvalue weighted by Gasteiger charge is -2.33. The Labute approximate surface area is 132 Å². The van der Waals surface area contributed by atoms with Gasteiger partial charge in [0, 0.05) is 12.6 Å². The summed E-state index contributed by atoms with van der Waals surface area (Å²) in [6, 6.07) is 6.05. The van der Waals surface area contributed by atoms with Crippen LogP contribution in [0.2, 0.25) is 0 Å². The molecule has 1 unspecified atom stereocenters. The first-order valence-electron chi connectivity index (χ1n) is 7.85. The number of allylic oxidation sites excluding steroid dienone is 1. The van der Waals surface area contributed by atoms with Crippen molar-refractivity contribution >= 4 is 5.91 Å². The van der Waals surface area contributed by atoms with Gasteiger partial charge in [-0.2, -0.15) is 0 Å². The Morgan fingerprint density at radius 1 is 1.41 bits per heavy atom. The first-order chi connectivity index (χ1) is 10.7. The van der Waals surface area contributed by atoms with Crippen LogP contribution < -0.4 is 9.47 Å². The minimum Gasteiger partial charge on any atom is -0.493 e. The maximum atomic E-state index is 12.3. The van der Waals surface area contributed by atoms with Gasteiger partial charge in [0.15, 0.2) is 18.1 Å². The molecule has 1 saturated heterocycles. The highest BCUT2D eigenvalue weighted by Crippen LogP contribution is 2.28. The molecule has 0 bridgehead atoms. The Balaban J connectivity index is 1.98. The lowest BCUT2D eigenvalue weighted by molar-refractivity contribution is -0.136. The number of carbonyl (C=O) groups is 1. The Morgan fingerprint density at radius 2 is 2.23 bits per heavy atom. The molecule has 1 aliphatic rings. The maximum Gasteiger partial charge on any atom is 0.260 e. The van der Waals surface area contributed by atoms with Gasteiger partial charge in [0.25, 0.3) is 5.91 Å². The topological polar surface area (TPSA) is 38.8 Å². The number of piperidine rings is 1. The van der Waals surface area contributed by atoms with E-state index in [0.29, 0.717) is 17.5 Å². The van der Waals surface area contributed by atoms with Gasteiger partial charge in [-0.05, 0) is 50.3 Å². The summed E-state index contributed by atoms with van der Waals surface area (Å²) in [5.74, 6) is 1.30. The molecule has 0 saturated carbocycles. The quantitative estimate of drug-likeness (QED) is 0.758. The predicted octanol–water partition coefficient (Wildman–Crippen LogP) is 3.20. The molecule has 120 valence electrons. The van der Waals surface area contributed by atoms with Crippen molar-refractivity contribution in [2.24, 2.45) is 0 Å². The summed E-state index contributed by atoms with van der Waals surface area (Å²) in [7, 11) is 1.61. The number of amides is 1. The van der Waals surface area contributed by atoms with E-state index < -0.39 is 0 Å². The number of benzene rings is 1. The van der Waals surface area contributed by atoms with Gasteiger partial charge in [-0.1, -0.05) is 12.1 Å². The molecule has 4 heteroatoms. The van der Waals surface area contributed by atoms with E-state index in [2.05, 4.69) is 13.5 Å². The number of ether oxygens (including phenoxy) is 2. The molecule has 0 aliphatic carbocycles. The number of nitrogens with zero attached hydrogens (tertiary/aromatic N) is 1. The van der Waals surface area contributed by atoms with E-state index in [9.17, 15) is 4.79 Å². The van der Waals surface area contributed by atoms with E-state index in [-0.39, 0.29) is 12.5 Å². The monoisotopic (exact) mass is 303 g/mol. The third kappa shape index (κ3) is 4.03. The normalized spacial score (nSPS) is 17.9. The lowest BCUT2D eigenvalue weighted by Crippen LogP contribution is -2.44. The van der Waals surface area contributed by atoms with Crippen molar-refractivity contribution in [3.8, 4) is 11.5 Å². The number of methoxy groups -OCH3 is 1. The molecule has 0 spiro atoms. The first kappa shape index (κ1) is 16.4. The van der Waals surface area contributed by atoms with Crippen LogP contribution in [0.15, 0.2) is 30.9 Å². The Bertz CT molecular complexity index is 527. The molecule has 1 fully saturated rings. The van der Waals surface area contributed by atoms with E-state index in [4.69, 9.17) is 9.47 Å². The van der Waals surface area contributed by atoms with Crippen LogP contribution in [-0.2, 0) is 11.2 Å². The number of likely N-dealkylation sites (tertiary alicyclic amines) is 1. The number of hydrogen-bond acceptors (Lipinski definition) is 3. The molecule has 1 aromatic rings. The summed E-state index contributed by atoms with van der Waals surface area (Å²) >= 11 is 0. The van der Waals surface area contributed by atoms with Crippen molar-refractivity contribution < 1.29 is 14.3 Å². The average molecular weight is 303 g/mol. The van der Waals surface area contributed by atoms with Gasteiger partial charge in [0.05, 0.1) is 7.11 Å². The molecule has 22 heavy (non-hydrogen) atoms. The van der Waals surface area contributed by atoms with Crippen molar-refractivity contribution in [3.05, 3.63) is 36.4 Å². The van der Waals surface area contributed by atoms with Gasteiger partial charge >= 0.3 is 0 Å². The second-order valence-electron chi connectivity index (χ2n) is 5.70. The molecule has 4 nitrogen and oxygen atoms in total. The summed E-state index contributed by atoms with van der Waals surface area (Å²) in [6.45, 7) is 6.72. The molecular formula is C18H25NO3. The van der Waals surface area contributed by atoms with Crippen molar-refractivity contribution in [1.29, 1.82) is 0 Å². The SMILES string of the molecule is C=CCc1ccc(OCC(=O)N2CCCCC2C)c(OC)c1. The summed E-state index contributed by atoms with van der Waals surface area (Å²) < 4.78 is 11.0. The van der Waals surface area contributed by atoms with Gasteiger partial charge in [-0.25, -0.2) is 0 Å². The van der Waals surface area contributed by atoms with Crippen LogP contribution in [0.4, 0.5) is 0 Å². The van der Waals surface area contributed by atoms with E-state index in [1.165, 1.54) is 6.42 Å². The molecule has 1 heterocycles. The fourth-order valence-corrected chi connectivity index (χ4v) is 2.82. The van der Waals surface area contributed by atoms with Crippen molar-refractivity contribution in [2.75, 3.05) is 20.3 Å². The number of hydrogen-bond donors (Lipinski definition) is 0. The van der Waals surface area contributed by atoms with Crippen LogP contribution >= 0.6 is 0 Å². The fraction of sp³-hybridized carbons (Fsp3) is 0.500. The van der Waals surface area contributed by atoms with Gasteiger partial charge in [0.1, 0.15) is 0 Å². The van der Waals surface area contributed by atoms with Crippen LogP contribution in [-0.4, -0.2) is 37.1 Å². The van der Waals surface area contributed by atoms with Crippen molar-refractivity contribution in [3.63, 3.8) is 0 Å². The standard InChI is InChI=1S/C18H25NO3/c1-4-7-15-9-10-16(17(12-15)21-3)22-13-18(20)19-11-6-5-8-14(19)2/h4,9-10,12,14H,1,5-8,11,13H2,2-3H3. The zero-order chi connectivity index (χ0) is 15.9. The summed E-state index contributed by atoms with van der Waals surface area (Å²) in [4.78, 5) is 14.2. The zero-order valence-electron chi connectivity index (χ0n) is 13.5. The highest BCUT2D eigenvalue weighted by molar-refractivity contribution is 5.78. The highest BCUT2D eigenvalue weighted by atomic mass is 16.5. The van der Waals surface area contributed by atoms with E-state index in [1.807, 2.05) is 29.2 Å². The van der Waals surface area contributed by atoms with Crippen LogP contribution in [0, 0.1) is 0 Å². The molecule has 1 aliphatic heterocycles. The van der Waals surface area contributed by atoms with E-state index >= 15 is 0 Å². The molecule has 0 N–H and O–H groups in total. The van der Waals surface area contributed by atoms with Crippen LogP contribution in [0.25, 0.3) is 0 Å². The number of rotatable bonds is 6. The Kier molecular flexibility index (Phi) is 5.87. The summed E-state index contributed by atoms with van der Waals surface area (Å²) in [5, 5.41) is 0. The predicted molar refractivity (Wildman–Crippen MR) is 87.4 cm³/mol. The van der Waals surface area contributed by atoms with Gasteiger partial charge < -0.3 is 14.4 Å². The van der Waals surface area contributed by atoms with Gasteiger partial charge in [-0.15, -0.1) is 6.58 Å². The highest BCUT2D eigenvalue weighted by Gasteiger charge is 2.23. The summed E-state index contributed by atoms with van der Waals surface area (Å²) in [6.07, 6.45) is 5.97. The smallest absolute Gasteiger partial charge is 0.260 e. The third-order valence-corrected chi connectivity index (χ3v) is 4.08. The van der Waals surface area contributed by atoms with Gasteiger partial charge in [-0.3, -0.25) is 4.79 Å². The zero-order valence-corrected chi connectivity index (χ0v) is 13.5. The Morgan fingerprint density at radius 3 is 2.91 bits per heavy atom. The lowest BCUT2D eigenvalue weighted by atomic mass is 10.0. The minimum atomic E-state index is 0.0458. The molecule has 1 amide bonds. The molecule has 0 aromatic heterocycles. The number of carbonyl (C=O) groups excluding carboxylic acids is 1. The maximum absolute atomic E-state index is 12.3. The second kappa shape index (κ2) is 7.87. The third-order valence-electron chi connectivity index (χ3n) is 4.08. The van der Waals surface area contributed by atoms with Crippen molar-refractivity contribution in [2.45, 2.75) is 38.6 Å². The van der Waals surface area contributed by atoms with Gasteiger partial charge in [0.2, 0.25) is 0 Å². The van der Waals surface area contributed by atoms with Crippen LogP contribution in [0.5, 0.6) is 11.5 Å². The molecule has 2 rings (SSSR count). The fourth-order valence-electron chi connectivity index (χ4n) is 2.82. The van der Waals surface area contributed by atoms with E-state index in [0.717, 1.165) is 31.4 Å². The molecule has 0 radical (unpaired) electrons. The first-order valence-corrected chi connectivity index (χ1v) is 7.85. The second-order valence-corrected chi connectivity index (χ2v) is 5.70. The average Bonchev–Trinajstić information content (AvgIpc) is 2.54.